The molecular formula is C101H82O12. The van der Waals surface area contributed by atoms with Crippen LogP contribution in [-0.4, -0.2) is 42.7 Å². The minimum Gasteiger partial charge on any atom is -0.496 e. The smallest absolute Gasteiger partial charge is 0.139 e. The Morgan fingerprint density at radius 2 is 0.416 bits per heavy atom. The number of hydrogen-bond acceptors (Lipinski definition) is 12. The van der Waals surface area contributed by atoms with Crippen molar-refractivity contribution < 1.29 is 56.8 Å². The first kappa shape index (κ1) is 70.1. The third-order valence-corrected chi connectivity index (χ3v) is 23.7. The van der Waals surface area contributed by atoms with Crippen LogP contribution in [0.4, 0.5) is 0 Å². The molecule has 6 aliphatic heterocycles. The van der Waals surface area contributed by atoms with E-state index in [1.165, 1.54) is 11.1 Å². The summed E-state index contributed by atoms with van der Waals surface area (Å²) in [7, 11) is 10.0. The molecule has 0 amide bonds. The number of benzene rings is 14. The molecule has 23 rings (SSSR count). The highest BCUT2D eigenvalue weighted by atomic mass is 16.5. The first-order chi connectivity index (χ1) is 55.6. The van der Waals surface area contributed by atoms with Crippen molar-refractivity contribution in [1.82, 2.24) is 0 Å². The lowest BCUT2D eigenvalue weighted by Crippen LogP contribution is -2.33. The molecule has 0 aromatic heterocycles. The van der Waals surface area contributed by atoms with E-state index >= 15 is 0 Å². The van der Waals surface area contributed by atoms with Crippen LogP contribution in [0, 0.1) is 13.8 Å². The zero-order valence-electron chi connectivity index (χ0n) is 64.2. The Balaban J connectivity index is 0.000000556. The van der Waals surface area contributed by atoms with Gasteiger partial charge in [-0.05, 0) is 187 Å². The monoisotopic (exact) mass is 1490 g/mol. The SMILES string of the molecule is COc1c2c(OC)c3c(OC)c1COc1cccc(c1)C14c5cccc(c5)OCc5c(OC)c6c(OC)c(c5OC)COc5cccc(c5)C5(c7cccc(c7)OC3)c3ccccc3-c3c1c(c1c(c35)-c3ccccc3C1(c1cccc(c1)OC2)c1cccc(c1)OC6)-c1ccccc14.Cc1ccccc1.Cc1ccccc1. The normalized spacial score (nSPS) is 17.2. The number of aryl methyl sites for hydroxylation is 2. The Morgan fingerprint density at radius 3 is 0.602 bits per heavy atom. The van der Waals surface area contributed by atoms with E-state index in [9.17, 15) is 0 Å². The van der Waals surface area contributed by atoms with E-state index in [0.717, 1.165) is 100 Å². The first-order valence-electron chi connectivity index (χ1n) is 38.2. The van der Waals surface area contributed by atoms with E-state index in [4.69, 9.17) is 56.8 Å². The fraction of sp³-hybridized carbons (Fsp3) is 0.168. The van der Waals surface area contributed by atoms with Crippen LogP contribution in [0.3, 0.4) is 0 Å². The summed E-state index contributed by atoms with van der Waals surface area (Å²) < 4.78 is 83.4. The van der Waals surface area contributed by atoms with Gasteiger partial charge < -0.3 is 56.8 Å². The summed E-state index contributed by atoms with van der Waals surface area (Å²) in [6, 6.07) is 99.8. The molecule has 0 atom stereocenters. The molecule has 9 aliphatic rings. The molecule has 0 saturated heterocycles. The predicted molar refractivity (Wildman–Crippen MR) is 439 cm³/mol. The molecule has 0 saturated carbocycles. The minimum atomic E-state index is -1.18. The van der Waals surface area contributed by atoms with Crippen LogP contribution < -0.4 is 56.8 Å². The molecule has 0 spiro atoms. The maximum atomic E-state index is 7.33. The van der Waals surface area contributed by atoms with E-state index in [1.54, 1.807) is 42.7 Å². The summed E-state index contributed by atoms with van der Waals surface area (Å²) in [4.78, 5) is 0. The zero-order chi connectivity index (χ0) is 76.7. The maximum Gasteiger partial charge on any atom is 0.139 e. The topological polar surface area (TPSA) is 111 Å². The van der Waals surface area contributed by atoms with Gasteiger partial charge in [0.2, 0.25) is 0 Å². The molecule has 0 fully saturated rings. The van der Waals surface area contributed by atoms with Gasteiger partial charge in [0, 0.05) is 0 Å². The van der Waals surface area contributed by atoms with Gasteiger partial charge in [-0.25, -0.2) is 0 Å². The van der Waals surface area contributed by atoms with Gasteiger partial charge in [-0.15, -0.1) is 0 Å². The van der Waals surface area contributed by atoms with Crippen LogP contribution >= 0.6 is 0 Å². The summed E-state index contributed by atoms with van der Waals surface area (Å²) in [5.41, 5.74) is 21.8. The Hall–Kier alpha value is -13.3. The lowest BCUT2D eigenvalue weighted by Gasteiger charge is -2.40. The Bertz CT molecular complexity index is 5250. The van der Waals surface area contributed by atoms with Crippen molar-refractivity contribution in [3.05, 3.63) is 390 Å². The number of fused-ring (bicyclic) bond motifs is 9. The third-order valence-electron chi connectivity index (χ3n) is 23.7. The molecule has 27 bridgehead atoms. The van der Waals surface area contributed by atoms with Crippen molar-refractivity contribution in [3.63, 3.8) is 0 Å². The molecule has 12 nitrogen and oxygen atoms in total. The summed E-state index contributed by atoms with van der Waals surface area (Å²) in [5.74, 6) is 6.68. The molecule has 14 aromatic rings. The minimum absolute atomic E-state index is 0.0289. The lowest BCUT2D eigenvalue weighted by molar-refractivity contribution is 0.255. The Morgan fingerprint density at radius 1 is 0.221 bits per heavy atom. The van der Waals surface area contributed by atoms with E-state index in [-0.39, 0.29) is 39.6 Å². The molecule has 558 valence electrons. The highest BCUT2D eigenvalue weighted by molar-refractivity contribution is 6.09. The first-order valence-corrected chi connectivity index (χ1v) is 38.2. The fourth-order valence-corrected chi connectivity index (χ4v) is 19.4. The zero-order valence-corrected chi connectivity index (χ0v) is 64.2. The molecule has 0 unspecified atom stereocenters. The quantitative estimate of drug-likeness (QED) is 0.158. The van der Waals surface area contributed by atoms with E-state index in [1.807, 2.05) is 72.8 Å². The second-order valence-corrected chi connectivity index (χ2v) is 29.4. The largest absolute Gasteiger partial charge is 0.496 e. The summed E-state index contributed by atoms with van der Waals surface area (Å²) in [6.45, 7) is 4.34. The van der Waals surface area contributed by atoms with Crippen molar-refractivity contribution in [2.75, 3.05) is 42.7 Å². The lowest BCUT2D eigenvalue weighted by atomic mass is 9.61. The van der Waals surface area contributed by atoms with Gasteiger partial charge in [-0.1, -0.05) is 217 Å². The number of ether oxygens (including phenoxy) is 12. The Labute approximate surface area is 658 Å². The molecular weight excluding hydrogens is 1410 g/mol. The van der Waals surface area contributed by atoms with E-state index in [0.29, 0.717) is 102 Å². The molecule has 14 aromatic carbocycles. The summed E-state index contributed by atoms with van der Waals surface area (Å²) in [6.07, 6.45) is 0. The van der Waals surface area contributed by atoms with Gasteiger partial charge >= 0.3 is 0 Å². The van der Waals surface area contributed by atoms with Crippen LogP contribution in [-0.2, 0) is 55.9 Å². The van der Waals surface area contributed by atoms with Crippen molar-refractivity contribution in [2.45, 2.75) is 69.7 Å². The van der Waals surface area contributed by atoms with E-state index < -0.39 is 16.2 Å². The van der Waals surface area contributed by atoms with Crippen LogP contribution in [0.1, 0.15) is 111 Å². The van der Waals surface area contributed by atoms with Gasteiger partial charge in [0.1, 0.15) is 109 Å². The molecule has 0 radical (unpaired) electrons. The predicted octanol–water partition coefficient (Wildman–Crippen LogP) is 21.5. The summed E-state index contributed by atoms with van der Waals surface area (Å²) in [5, 5.41) is 0. The Kier molecular flexibility index (Phi) is 17.5. The van der Waals surface area contributed by atoms with Crippen LogP contribution in [0.2, 0.25) is 0 Å². The van der Waals surface area contributed by atoms with Gasteiger partial charge in [0.05, 0.1) is 92.3 Å². The van der Waals surface area contributed by atoms with Gasteiger partial charge in [-0.2, -0.15) is 0 Å². The fourth-order valence-electron chi connectivity index (χ4n) is 19.4. The second kappa shape index (κ2) is 28.2. The second-order valence-electron chi connectivity index (χ2n) is 29.4. The van der Waals surface area contributed by atoms with Crippen molar-refractivity contribution in [2.24, 2.45) is 0 Å². The molecule has 113 heavy (non-hydrogen) atoms. The number of rotatable bonds is 6. The highest BCUT2D eigenvalue weighted by Gasteiger charge is 2.61. The van der Waals surface area contributed by atoms with Crippen LogP contribution in [0.5, 0.6) is 69.0 Å². The van der Waals surface area contributed by atoms with Crippen molar-refractivity contribution in [3.8, 4) is 102 Å². The van der Waals surface area contributed by atoms with E-state index in [2.05, 4.69) is 220 Å². The van der Waals surface area contributed by atoms with Crippen LogP contribution in [0.25, 0.3) is 33.4 Å². The van der Waals surface area contributed by atoms with Gasteiger partial charge in [0.25, 0.3) is 0 Å². The average Bonchev–Trinajstić information content (AvgIpc) is 1.47. The van der Waals surface area contributed by atoms with Gasteiger partial charge in [0.15, 0.2) is 0 Å². The standard InChI is InChI=1S/C87H66O12.2C7H8/c1-88-79-64-43-94-55-25-13-19-49(37-55)85-52-22-16-28-58(40-52)97-46-67-82(91-4)68-47-98-59-29-17-23-53(41-59)86-50-20-14-26-56(38-50)95-44-65(79)81(90-3)66(80(64)89-2)45-96-57-27-15-21-51(39-57)87(54-24-18-30-60(42-54)99-48-69(83(67)92-5)84(68)93-6)72-36-12-9-33-63(72)75-77(85)73(61-31-7-10-34-70(61)85)76(86)74(78(75)87)62-32-8-11-35-71(62)86;2*1-7-5-3-2-4-6-7/h7-42H,43-48H2,1-6H3;2*2-6H,1H3. The molecule has 12 heteroatoms. The van der Waals surface area contributed by atoms with Crippen molar-refractivity contribution in [1.29, 1.82) is 0 Å². The van der Waals surface area contributed by atoms with Gasteiger partial charge in [-0.3, -0.25) is 0 Å². The molecule has 0 N–H and O–H groups in total. The number of hydrogen-bond donors (Lipinski definition) is 0. The third kappa shape index (κ3) is 10.7. The molecule has 6 heterocycles. The highest BCUT2D eigenvalue weighted by Crippen LogP contribution is 2.74. The average molecular weight is 1490 g/mol. The summed E-state index contributed by atoms with van der Waals surface area (Å²) >= 11 is 0. The van der Waals surface area contributed by atoms with Crippen molar-refractivity contribution >= 4 is 0 Å². The number of methoxy groups -OCH3 is 6. The van der Waals surface area contributed by atoms with Crippen LogP contribution in [0.15, 0.2) is 279 Å². The maximum absolute atomic E-state index is 7.33. The molecule has 3 aliphatic carbocycles.